The second kappa shape index (κ2) is 6.68. The summed E-state index contributed by atoms with van der Waals surface area (Å²) in [5.41, 5.74) is -0.592. The van der Waals surface area contributed by atoms with E-state index in [9.17, 15) is 23.1 Å². The number of nitrogens with zero attached hydrogens (tertiary/aromatic N) is 2. The third-order valence-corrected chi connectivity index (χ3v) is 3.21. The van der Waals surface area contributed by atoms with E-state index in [4.69, 9.17) is 0 Å². The van der Waals surface area contributed by atoms with Gasteiger partial charge in [-0.1, -0.05) is 13.0 Å². The van der Waals surface area contributed by atoms with Gasteiger partial charge < -0.3 is 10.0 Å². The molecule has 2 aromatic rings. The van der Waals surface area contributed by atoms with Crippen molar-refractivity contribution in [2.24, 2.45) is 0 Å². The fraction of sp³-hybridized carbons (Fsp3) is 0.250. The van der Waals surface area contributed by atoms with E-state index in [1.165, 1.54) is 35.4 Å². The number of halogens is 3. The summed E-state index contributed by atoms with van der Waals surface area (Å²) in [6.45, 7) is 2.20. The predicted molar refractivity (Wildman–Crippen MR) is 79.9 cm³/mol. The van der Waals surface area contributed by atoms with Crippen LogP contribution in [0.5, 0.6) is 0 Å². The van der Waals surface area contributed by atoms with Gasteiger partial charge in [-0.15, -0.1) is 0 Å². The van der Waals surface area contributed by atoms with Gasteiger partial charge in [-0.3, -0.25) is 0 Å². The summed E-state index contributed by atoms with van der Waals surface area (Å²) in [5, 5.41) is 9.27. The smallest absolute Gasteiger partial charge is 0.416 e. The number of aromatic carboxylic acids is 1. The summed E-state index contributed by atoms with van der Waals surface area (Å²) in [5.74, 6) is -1.05. The summed E-state index contributed by atoms with van der Waals surface area (Å²) < 4.78 is 38.7. The lowest BCUT2D eigenvalue weighted by Gasteiger charge is -2.25. The van der Waals surface area contributed by atoms with Crippen LogP contribution >= 0.6 is 0 Å². The average molecular weight is 324 g/mol. The van der Waals surface area contributed by atoms with Gasteiger partial charge in [-0.2, -0.15) is 13.2 Å². The molecule has 0 aliphatic rings. The molecule has 0 saturated heterocycles. The molecule has 1 N–H and O–H groups in total. The van der Waals surface area contributed by atoms with Gasteiger partial charge in [0.2, 0.25) is 0 Å². The van der Waals surface area contributed by atoms with E-state index < -0.39 is 17.7 Å². The fourth-order valence-corrected chi connectivity index (χ4v) is 2.21. The minimum absolute atomic E-state index is 0.0571. The van der Waals surface area contributed by atoms with Gasteiger partial charge in [0.1, 0.15) is 11.4 Å². The molecule has 122 valence electrons. The predicted octanol–water partition coefficient (Wildman–Crippen LogP) is 4.35. The molecule has 0 amide bonds. The molecule has 0 bridgehead atoms. The van der Waals surface area contributed by atoms with E-state index in [2.05, 4.69) is 4.98 Å². The lowest BCUT2D eigenvalue weighted by atomic mass is 10.1. The Hall–Kier alpha value is -2.57. The Labute approximate surface area is 131 Å². The molecule has 1 heterocycles. The number of pyridine rings is 1. The van der Waals surface area contributed by atoms with Crippen molar-refractivity contribution in [1.82, 2.24) is 4.98 Å². The summed E-state index contributed by atoms with van der Waals surface area (Å²) in [6.07, 6.45) is -2.43. The third-order valence-electron chi connectivity index (χ3n) is 3.21. The molecule has 0 radical (unpaired) electrons. The second-order valence-electron chi connectivity index (χ2n) is 4.88. The summed E-state index contributed by atoms with van der Waals surface area (Å²) in [4.78, 5) is 16.9. The number of aromatic nitrogens is 1. The van der Waals surface area contributed by atoms with E-state index >= 15 is 0 Å². The Morgan fingerprint density at radius 2 is 2.00 bits per heavy atom. The second-order valence-corrected chi connectivity index (χ2v) is 4.88. The van der Waals surface area contributed by atoms with Crippen LogP contribution in [0.4, 0.5) is 24.7 Å². The van der Waals surface area contributed by atoms with Crippen molar-refractivity contribution in [2.45, 2.75) is 19.5 Å². The molecule has 0 fully saturated rings. The van der Waals surface area contributed by atoms with Gasteiger partial charge in [0.25, 0.3) is 0 Å². The SMILES string of the molecule is CCCN(c1cccc(C(F)(F)F)c1)c1ncccc1C(=O)O. The summed E-state index contributed by atoms with van der Waals surface area (Å²) in [7, 11) is 0. The molecule has 1 aromatic carbocycles. The first-order valence-electron chi connectivity index (χ1n) is 6.97. The van der Waals surface area contributed by atoms with Gasteiger partial charge in [0.15, 0.2) is 0 Å². The molecule has 1 aromatic heterocycles. The highest BCUT2D eigenvalue weighted by Crippen LogP contribution is 2.34. The Kier molecular flexibility index (Phi) is 4.88. The first kappa shape index (κ1) is 16.8. The highest BCUT2D eigenvalue weighted by Gasteiger charge is 2.31. The number of hydrogen-bond acceptors (Lipinski definition) is 3. The zero-order valence-corrected chi connectivity index (χ0v) is 12.3. The van der Waals surface area contributed by atoms with Crippen LogP contribution in [-0.4, -0.2) is 22.6 Å². The first-order chi connectivity index (χ1) is 10.8. The van der Waals surface area contributed by atoms with E-state index in [0.29, 0.717) is 13.0 Å². The van der Waals surface area contributed by atoms with Crippen molar-refractivity contribution >= 4 is 17.5 Å². The topological polar surface area (TPSA) is 53.4 Å². The maximum Gasteiger partial charge on any atom is 0.416 e. The summed E-state index contributed by atoms with van der Waals surface area (Å²) in [6, 6.07) is 7.62. The zero-order chi connectivity index (χ0) is 17.0. The van der Waals surface area contributed by atoms with Gasteiger partial charge in [0.05, 0.1) is 5.56 Å². The molecule has 0 unspecified atom stereocenters. The van der Waals surface area contributed by atoms with Gasteiger partial charge >= 0.3 is 12.1 Å². The normalized spacial score (nSPS) is 11.3. The molecule has 0 aliphatic carbocycles. The van der Waals surface area contributed by atoms with E-state index in [1.54, 1.807) is 0 Å². The highest BCUT2D eigenvalue weighted by atomic mass is 19.4. The molecule has 0 saturated carbocycles. The maximum absolute atomic E-state index is 12.9. The maximum atomic E-state index is 12.9. The Bertz CT molecular complexity index is 702. The minimum Gasteiger partial charge on any atom is -0.478 e. The van der Waals surface area contributed by atoms with Crippen LogP contribution < -0.4 is 4.90 Å². The molecule has 7 heteroatoms. The highest BCUT2D eigenvalue weighted by molar-refractivity contribution is 5.94. The van der Waals surface area contributed by atoms with Crippen molar-refractivity contribution in [2.75, 3.05) is 11.4 Å². The van der Waals surface area contributed by atoms with Crippen LogP contribution in [0.15, 0.2) is 42.6 Å². The summed E-state index contributed by atoms with van der Waals surface area (Å²) >= 11 is 0. The average Bonchev–Trinajstić information content (AvgIpc) is 2.52. The monoisotopic (exact) mass is 324 g/mol. The van der Waals surface area contributed by atoms with E-state index in [-0.39, 0.29) is 17.1 Å². The van der Waals surface area contributed by atoms with Gasteiger partial charge in [-0.05, 0) is 36.8 Å². The molecule has 0 atom stereocenters. The number of alkyl halides is 3. The molecular weight excluding hydrogens is 309 g/mol. The van der Waals surface area contributed by atoms with Crippen LogP contribution in [0.3, 0.4) is 0 Å². The zero-order valence-electron chi connectivity index (χ0n) is 12.3. The standard InChI is InChI=1S/C16H15F3N2O2/c1-2-9-21(14-13(15(22)23)7-4-8-20-14)12-6-3-5-11(10-12)16(17,18)19/h3-8,10H,2,9H2,1H3,(H,22,23). The molecule has 4 nitrogen and oxygen atoms in total. The van der Waals surface area contributed by atoms with Crippen LogP contribution in [0, 0.1) is 0 Å². The molecule has 23 heavy (non-hydrogen) atoms. The molecular formula is C16H15F3N2O2. The number of anilines is 2. The van der Waals surface area contributed by atoms with Gasteiger partial charge in [-0.25, -0.2) is 9.78 Å². The lowest BCUT2D eigenvalue weighted by Crippen LogP contribution is -2.22. The quantitative estimate of drug-likeness (QED) is 0.888. The van der Waals surface area contributed by atoms with Crippen molar-refractivity contribution in [3.63, 3.8) is 0 Å². The van der Waals surface area contributed by atoms with Gasteiger partial charge in [0, 0.05) is 18.4 Å². The molecule has 0 spiro atoms. The number of carboxylic acid groups (broad SMARTS) is 1. The first-order valence-corrected chi connectivity index (χ1v) is 6.97. The number of carbonyl (C=O) groups is 1. The van der Waals surface area contributed by atoms with Crippen LogP contribution in [0.25, 0.3) is 0 Å². The van der Waals surface area contributed by atoms with Crippen molar-refractivity contribution in [1.29, 1.82) is 0 Å². The number of rotatable bonds is 5. The lowest BCUT2D eigenvalue weighted by molar-refractivity contribution is -0.137. The number of hydrogen-bond donors (Lipinski definition) is 1. The number of carboxylic acids is 1. The Balaban J connectivity index is 2.54. The largest absolute Gasteiger partial charge is 0.478 e. The van der Waals surface area contributed by atoms with Crippen molar-refractivity contribution in [3.8, 4) is 0 Å². The van der Waals surface area contributed by atoms with E-state index in [1.807, 2.05) is 6.92 Å². The number of benzene rings is 1. The molecule has 2 rings (SSSR count). The van der Waals surface area contributed by atoms with Crippen LogP contribution in [0.1, 0.15) is 29.3 Å². The fourth-order valence-electron chi connectivity index (χ4n) is 2.21. The van der Waals surface area contributed by atoms with Crippen molar-refractivity contribution in [3.05, 3.63) is 53.7 Å². The van der Waals surface area contributed by atoms with E-state index in [0.717, 1.165) is 12.1 Å². The third kappa shape index (κ3) is 3.80. The van der Waals surface area contributed by atoms with Crippen LogP contribution in [0.2, 0.25) is 0 Å². The Morgan fingerprint density at radius 1 is 1.26 bits per heavy atom. The van der Waals surface area contributed by atoms with Crippen molar-refractivity contribution < 1.29 is 23.1 Å². The molecule has 0 aliphatic heterocycles. The Morgan fingerprint density at radius 3 is 2.61 bits per heavy atom. The minimum atomic E-state index is -4.46. The van der Waals surface area contributed by atoms with Crippen LogP contribution in [-0.2, 0) is 6.18 Å².